The van der Waals surface area contributed by atoms with Crippen LogP contribution in [0.25, 0.3) is 10.8 Å². The van der Waals surface area contributed by atoms with Gasteiger partial charge in [-0.15, -0.1) is 11.6 Å². The first kappa shape index (κ1) is 9.54. The van der Waals surface area contributed by atoms with E-state index < -0.39 is 0 Å². The van der Waals surface area contributed by atoms with Crippen LogP contribution in [-0.4, -0.2) is 0 Å². The number of fused-ring (bicyclic) bond motifs is 1. The molecule has 0 aliphatic rings. The summed E-state index contributed by atoms with van der Waals surface area (Å²) < 4.78 is 0. The van der Waals surface area contributed by atoms with Gasteiger partial charge in [-0.3, -0.25) is 0 Å². The maximum atomic E-state index is 6.13. The monoisotopic (exact) mass is 204 g/mol. The third-order valence-corrected chi connectivity index (χ3v) is 2.84. The minimum atomic E-state index is 0.0699. The van der Waals surface area contributed by atoms with Crippen molar-refractivity contribution in [3.63, 3.8) is 0 Å². The van der Waals surface area contributed by atoms with E-state index in [4.69, 9.17) is 11.6 Å². The van der Waals surface area contributed by atoms with Gasteiger partial charge in [-0.05, 0) is 35.7 Å². The predicted octanol–water partition coefficient (Wildman–Crippen LogP) is 4.45. The molecule has 0 aliphatic carbocycles. The second-order valence-corrected chi connectivity index (χ2v) is 4.29. The van der Waals surface area contributed by atoms with Crippen molar-refractivity contribution >= 4 is 22.4 Å². The summed E-state index contributed by atoms with van der Waals surface area (Å²) in [5.74, 6) is 0. The van der Waals surface area contributed by atoms with Crippen molar-refractivity contribution in [1.82, 2.24) is 0 Å². The second kappa shape index (κ2) is 3.62. The van der Waals surface area contributed by atoms with Gasteiger partial charge in [-0.25, -0.2) is 0 Å². The molecule has 0 unspecified atom stereocenters. The molecule has 0 saturated heterocycles. The molecule has 2 aromatic rings. The van der Waals surface area contributed by atoms with Gasteiger partial charge in [0.2, 0.25) is 0 Å². The van der Waals surface area contributed by atoms with Crippen LogP contribution in [0, 0.1) is 6.92 Å². The number of aryl methyl sites for hydroxylation is 1. The van der Waals surface area contributed by atoms with E-state index in [0.717, 1.165) is 0 Å². The summed E-state index contributed by atoms with van der Waals surface area (Å²) in [7, 11) is 0. The zero-order valence-electron chi connectivity index (χ0n) is 8.42. The predicted molar refractivity (Wildman–Crippen MR) is 63.0 cm³/mol. The van der Waals surface area contributed by atoms with Crippen LogP contribution in [-0.2, 0) is 0 Å². The number of benzene rings is 2. The molecule has 0 aliphatic heterocycles. The highest BCUT2D eigenvalue weighted by molar-refractivity contribution is 6.21. The lowest BCUT2D eigenvalue weighted by molar-refractivity contribution is 1.10. The average Bonchev–Trinajstić information content (AvgIpc) is 2.18. The molecule has 0 nitrogen and oxygen atoms in total. The van der Waals surface area contributed by atoms with E-state index in [9.17, 15) is 0 Å². The van der Waals surface area contributed by atoms with Crippen LogP contribution in [0.3, 0.4) is 0 Å². The molecule has 0 aromatic heterocycles. The van der Waals surface area contributed by atoms with E-state index in [1.54, 1.807) is 0 Å². The van der Waals surface area contributed by atoms with Crippen LogP contribution in [0.4, 0.5) is 0 Å². The molecule has 0 bridgehead atoms. The van der Waals surface area contributed by atoms with Crippen LogP contribution in [0.2, 0.25) is 0 Å². The summed E-state index contributed by atoms with van der Waals surface area (Å²) in [5, 5.41) is 2.65. The summed E-state index contributed by atoms with van der Waals surface area (Å²) in [6.45, 7) is 4.14. The van der Waals surface area contributed by atoms with Crippen molar-refractivity contribution in [2.75, 3.05) is 0 Å². The maximum Gasteiger partial charge on any atom is 0.0563 e. The highest BCUT2D eigenvalue weighted by Gasteiger charge is 2.06. The molecule has 0 amide bonds. The zero-order chi connectivity index (χ0) is 10.1. The summed E-state index contributed by atoms with van der Waals surface area (Å²) >= 11 is 6.13. The highest BCUT2D eigenvalue weighted by Crippen LogP contribution is 2.29. The van der Waals surface area contributed by atoms with Gasteiger partial charge in [0, 0.05) is 0 Å². The Kier molecular flexibility index (Phi) is 2.47. The number of alkyl halides is 1. The molecule has 0 N–H and O–H groups in total. The molecular formula is C13H13Cl. The summed E-state index contributed by atoms with van der Waals surface area (Å²) in [4.78, 5) is 0. The largest absolute Gasteiger partial charge is 0.118 e. The Labute approximate surface area is 89.5 Å². The Morgan fingerprint density at radius 3 is 2.29 bits per heavy atom. The Morgan fingerprint density at radius 1 is 1.00 bits per heavy atom. The molecule has 0 spiro atoms. The van der Waals surface area contributed by atoms with Crippen molar-refractivity contribution < 1.29 is 0 Å². The molecule has 0 radical (unpaired) electrons. The molecule has 72 valence electrons. The lowest BCUT2D eigenvalue weighted by Crippen LogP contribution is -1.88. The van der Waals surface area contributed by atoms with Gasteiger partial charge < -0.3 is 0 Å². The first-order chi connectivity index (χ1) is 6.70. The molecule has 0 saturated carbocycles. The molecule has 0 fully saturated rings. The van der Waals surface area contributed by atoms with Gasteiger partial charge in [-0.1, -0.05) is 36.4 Å². The molecule has 0 heterocycles. The van der Waals surface area contributed by atoms with E-state index >= 15 is 0 Å². The summed E-state index contributed by atoms with van der Waals surface area (Å²) in [6.07, 6.45) is 0. The van der Waals surface area contributed by atoms with Gasteiger partial charge in [0.05, 0.1) is 5.38 Å². The Bertz CT molecular complexity index is 458. The van der Waals surface area contributed by atoms with Crippen molar-refractivity contribution in [3.05, 3.63) is 47.5 Å². The fraction of sp³-hybridized carbons (Fsp3) is 0.231. The maximum absolute atomic E-state index is 6.13. The first-order valence-electron chi connectivity index (χ1n) is 4.82. The number of hydrogen-bond acceptors (Lipinski definition) is 0. The van der Waals surface area contributed by atoms with Crippen LogP contribution in [0.5, 0.6) is 0 Å². The van der Waals surface area contributed by atoms with Gasteiger partial charge in [0.15, 0.2) is 0 Å². The third-order valence-electron chi connectivity index (χ3n) is 2.60. The second-order valence-electron chi connectivity index (χ2n) is 3.63. The topological polar surface area (TPSA) is 0 Å². The fourth-order valence-electron chi connectivity index (χ4n) is 1.82. The fourth-order valence-corrected chi connectivity index (χ4v) is 2.01. The molecule has 2 aromatic carbocycles. The van der Waals surface area contributed by atoms with E-state index in [1.807, 2.05) is 6.92 Å². The standard InChI is InChI=1S/C13H13Cl/c1-9-7-8-12(10(2)14)13-6-4-3-5-11(9)13/h3-8,10H,1-2H3/t10-/m1/s1. The number of rotatable bonds is 1. The third kappa shape index (κ3) is 1.51. The molecule has 2 rings (SSSR count). The van der Waals surface area contributed by atoms with Gasteiger partial charge in [0.25, 0.3) is 0 Å². The van der Waals surface area contributed by atoms with Crippen molar-refractivity contribution in [2.45, 2.75) is 19.2 Å². The van der Waals surface area contributed by atoms with Crippen molar-refractivity contribution in [1.29, 1.82) is 0 Å². The lowest BCUT2D eigenvalue weighted by Gasteiger charge is -2.10. The van der Waals surface area contributed by atoms with Crippen LogP contribution >= 0.6 is 11.6 Å². The molecular weight excluding hydrogens is 192 g/mol. The van der Waals surface area contributed by atoms with Crippen LogP contribution in [0.15, 0.2) is 36.4 Å². The zero-order valence-corrected chi connectivity index (χ0v) is 9.18. The normalized spacial score (nSPS) is 13.1. The smallest absolute Gasteiger partial charge is 0.0563 e. The van der Waals surface area contributed by atoms with Gasteiger partial charge >= 0.3 is 0 Å². The molecule has 1 atom stereocenters. The van der Waals surface area contributed by atoms with Crippen LogP contribution in [0.1, 0.15) is 23.4 Å². The average molecular weight is 205 g/mol. The van der Waals surface area contributed by atoms with Gasteiger partial charge in [-0.2, -0.15) is 0 Å². The SMILES string of the molecule is Cc1ccc([C@@H](C)Cl)c2ccccc12. The summed E-state index contributed by atoms with van der Waals surface area (Å²) in [6, 6.07) is 12.7. The minimum absolute atomic E-state index is 0.0699. The van der Waals surface area contributed by atoms with E-state index in [-0.39, 0.29) is 5.38 Å². The highest BCUT2D eigenvalue weighted by atomic mass is 35.5. The van der Waals surface area contributed by atoms with E-state index in [2.05, 4.69) is 43.3 Å². The lowest BCUT2D eigenvalue weighted by atomic mass is 9.99. The Balaban J connectivity index is 2.82. The van der Waals surface area contributed by atoms with Gasteiger partial charge in [0.1, 0.15) is 0 Å². The summed E-state index contributed by atoms with van der Waals surface area (Å²) in [5.41, 5.74) is 2.52. The minimum Gasteiger partial charge on any atom is -0.118 e. The number of hydrogen-bond donors (Lipinski definition) is 0. The quantitative estimate of drug-likeness (QED) is 0.603. The van der Waals surface area contributed by atoms with E-state index in [0.29, 0.717) is 0 Å². The Morgan fingerprint density at radius 2 is 1.64 bits per heavy atom. The van der Waals surface area contributed by atoms with E-state index in [1.165, 1.54) is 21.9 Å². The van der Waals surface area contributed by atoms with Crippen LogP contribution < -0.4 is 0 Å². The Hall–Kier alpha value is -1.01. The first-order valence-corrected chi connectivity index (χ1v) is 5.26. The van der Waals surface area contributed by atoms with Crippen molar-refractivity contribution in [3.8, 4) is 0 Å². The molecule has 14 heavy (non-hydrogen) atoms. The van der Waals surface area contributed by atoms with Crippen molar-refractivity contribution in [2.24, 2.45) is 0 Å². The molecule has 1 heteroatoms. The number of halogens is 1.